The first-order valence-electron chi connectivity index (χ1n) is 7.27. The lowest BCUT2D eigenvalue weighted by molar-refractivity contribution is -0.117. The summed E-state index contributed by atoms with van der Waals surface area (Å²) in [4.78, 5) is 12.6. The minimum Gasteiger partial charge on any atom is -0.497 e. The summed E-state index contributed by atoms with van der Waals surface area (Å²) in [6.07, 6.45) is 0.724. The van der Waals surface area contributed by atoms with E-state index in [4.69, 9.17) is 9.47 Å². The molecule has 0 aliphatic carbocycles. The number of nitrogens with one attached hydrogen (secondary N) is 1. The Kier molecular flexibility index (Phi) is 5.42. The van der Waals surface area contributed by atoms with E-state index in [0.717, 1.165) is 12.0 Å². The number of anilines is 1. The summed E-state index contributed by atoms with van der Waals surface area (Å²) in [7, 11) is 3.16. The van der Waals surface area contributed by atoms with Gasteiger partial charge in [-0.1, -0.05) is 37.3 Å². The Morgan fingerprint density at radius 1 is 1.09 bits per heavy atom. The number of carbonyl (C=O) groups excluding carboxylic acids is 1. The van der Waals surface area contributed by atoms with Crippen LogP contribution < -0.4 is 14.8 Å². The Hall–Kier alpha value is -2.49. The van der Waals surface area contributed by atoms with Crippen molar-refractivity contribution < 1.29 is 14.3 Å². The molecule has 0 saturated heterocycles. The van der Waals surface area contributed by atoms with Crippen molar-refractivity contribution in [3.05, 3.63) is 54.1 Å². The average Bonchev–Trinajstić information content (AvgIpc) is 2.56. The maximum atomic E-state index is 12.6. The maximum Gasteiger partial charge on any atom is 0.232 e. The number of hydrogen-bond acceptors (Lipinski definition) is 3. The Morgan fingerprint density at radius 3 is 2.41 bits per heavy atom. The Labute approximate surface area is 131 Å². The molecule has 0 aliphatic rings. The van der Waals surface area contributed by atoms with E-state index < -0.39 is 0 Å². The SMILES string of the molecule is CC[C@H](C(=O)Nc1cc(OC)ccc1OC)c1ccccc1. The molecule has 2 aromatic rings. The van der Waals surface area contributed by atoms with E-state index in [2.05, 4.69) is 5.32 Å². The lowest BCUT2D eigenvalue weighted by Gasteiger charge is -2.17. The number of amides is 1. The van der Waals surface area contributed by atoms with Gasteiger partial charge in [-0.05, 0) is 24.1 Å². The molecule has 0 bridgehead atoms. The van der Waals surface area contributed by atoms with E-state index >= 15 is 0 Å². The third kappa shape index (κ3) is 3.58. The summed E-state index contributed by atoms with van der Waals surface area (Å²) in [5.41, 5.74) is 1.62. The van der Waals surface area contributed by atoms with Crippen LogP contribution in [0.25, 0.3) is 0 Å². The van der Waals surface area contributed by atoms with E-state index in [-0.39, 0.29) is 11.8 Å². The minimum atomic E-state index is -0.197. The van der Waals surface area contributed by atoms with Gasteiger partial charge in [-0.25, -0.2) is 0 Å². The Morgan fingerprint density at radius 2 is 1.82 bits per heavy atom. The lowest BCUT2D eigenvalue weighted by Crippen LogP contribution is -2.21. The van der Waals surface area contributed by atoms with E-state index in [0.29, 0.717) is 17.2 Å². The molecule has 0 saturated carbocycles. The molecule has 0 radical (unpaired) electrons. The van der Waals surface area contributed by atoms with Crippen LogP contribution in [0.1, 0.15) is 24.8 Å². The molecule has 4 heteroatoms. The third-order valence-corrected chi connectivity index (χ3v) is 3.59. The quantitative estimate of drug-likeness (QED) is 0.881. The Balaban J connectivity index is 2.23. The smallest absolute Gasteiger partial charge is 0.232 e. The van der Waals surface area contributed by atoms with Crippen LogP contribution >= 0.6 is 0 Å². The zero-order valence-corrected chi connectivity index (χ0v) is 13.1. The molecule has 4 nitrogen and oxygen atoms in total. The van der Waals surface area contributed by atoms with Crippen LogP contribution in [0.2, 0.25) is 0 Å². The molecular formula is C18H21NO3. The summed E-state index contributed by atoms with van der Waals surface area (Å²) >= 11 is 0. The van der Waals surface area contributed by atoms with Gasteiger partial charge in [-0.3, -0.25) is 4.79 Å². The number of carbonyl (C=O) groups is 1. The first-order chi connectivity index (χ1) is 10.7. The third-order valence-electron chi connectivity index (χ3n) is 3.59. The second-order valence-corrected chi connectivity index (χ2v) is 4.93. The second-order valence-electron chi connectivity index (χ2n) is 4.93. The number of ether oxygens (including phenoxy) is 2. The standard InChI is InChI=1S/C18H21NO3/c1-4-15(13-8-6-5-7-9-13)18(20)19-16-12-14(21-2)10-11-17(16)22-3/h5-12,15H,4H2,1-3H3,(H,19,20)/t15-/m0/s1. The van der Waals surface area contributed by atoms with E-state index in [1.165, 1.54) is 0 Å². The lowest BCUT2D eigenvalue weighted by atomic mass is 9.95. The van der Waals surface area contributed by atoms with Crippen LogP contribution in [-0.4, -0.2) is 20.1 Å². The zero-order chi connectivity index (χ0) is 15.9. The van der Waals surface area contributed by atoms with Crippen LogP contribution in [-0.2, 0) is 4.79 Å². The van der Waals surface area contributed by atoms with E-state index in [1.807, 2.05) is 37.3 Å². The monoisotopic (exact) mass is 299 g/mol. The number of hydrogen-bond donors (Lipinski definition) is 1. The van der Waals surface area contributed by atoms with Crippen molar-refractivity contribution >= 4 is 11.6 Å². The molecular weight excluding hydrogens is 278 g/mol. The van der Waals surface area contributed by atoms with Crippen molar-refractivity contribution in [3.8, 4) is 11.5 Å². The average molecular weight is 299 g/mol. The molecule has 1 amide bonds. The van der Waals surface area contributed by atoms with Gasteiger partial charge in [0, 0.05) is 6.07 Å². The van der Waals surface area contributed by atoms with Gasteiger partial charge in [-0.15, -0.1) is 0 Å². The summed E-state index contributed by atoms with van der Waals surface area (Å²) in [5.74, 6) is 1.03. The van der Waals surface area contributed by atoms with Crippen LogP contribution in [0.4, 0.5) is 5.69 Å². The number of benzene rings is 2. The van der Waals surface area contributed by atoms with Crippen molar-refractivity contribution in [2.24, 2.45) is 0 Å². The highest BCUT2D eigenvalue weighted by Crippen LogP contribution is 2.30. The molecule has 0 unspecified atom stereocenters. The van der Waals surface area contributed by atoms with E-state index in [1.54, 1.807) is 32.4 Å². The van der Waals surface area contributed by atoms with Gasteiger partial charge < -0.3 is 14.8 Å². The fraction of sp³-hybridized carbons (Fsp3) is 0.278. The first-order valence-corrected chi connectivity index (χ1v) is 7.27. The predicted octanol–water partition coefficient (Wildman–Crippen LogP) is 3.84. The van der Waals surface area contributed by atoms with Crippen LogP contribution in [0.5, 0.6) is 11.5 Å². The molecule has 116 valence electrons. The fourth-order valence-electron chi connectivity index (χ4n) is 2.39. The van der Waals surface area contributed by atoms with Crippen molar-refractivity contribution in [1.82, 2.24) is 0 Å². The highest BCUT2D eigenvalue weighted by molar-refractivity contribution is 5.97. The van der Waals surface area contributed by atoms with Crippen molar-refractivity contribution in [2.45, 2.75) is 19.3 Å². The molecule has 0 fully saturated rings. The Bertz CT molecular complexity index is 625. The molecule has 2 aromatic carbocycles. The van der Waals surface area contributed by atoms with Gasteiger partial charge in [0.2, 0.25) is 5.91 Å². The topological polar surface area (TPSA) is 47.6 Å². The van der Waals surface area contributed by atoms with Gasteiger partial charge in [0.15, 0.2) is 0 Å². The molecule has 1 N–H and O–H groups in total. The number of methoxy groups -OCH3 is 2. The first kappa shape index (κ1) is 15.9. The summed E-state index contributed by atoms with van der Waals surface area (Å²) in [5, 5.41) is 2.94. The van der Waals surface area contributed by atoms with Crippen molar-refractivity contribution in [2.75, 3.05) is 19.5 Å². The highest BCUT2D eigenvalue weighted by Gasteiger charge is 2.20. The van der Waals surface area contributed by atoms with Gasteiger partial charge in [-0.2, -0.15) is 0 Å². The largest absolute Gasteiger partial charge is 0.497 e. The minimum absolute atomic E-state index is 0.0553. The summed E-state index contributed by atoms with van der Waals surface area (Å²) in [6, 6.07) is 15.1. The second kappa shape index (κ2) is 7.50. The highest BCUT2D eigenvalue weighted by atomic mass is 16.5. The van der Waals surface area contributed by atoms with Gasteiger partial charge in [0.1, 0.15) is 11.5 Å². The van der Waals surface area contributed by atoms with Gasteiger partial charge in [0.25, 0.3) is 0 Å². The molecule has 0 heterocycles. The van der Waals surface area contributed by atoms with Gasteiger partial charge >= 0.3 is 0 Å². The summed E-state index contributed by atoms with van der Waals surface area (Å²) < 4.78 is 10.5. The molecule has 2 rings (SSSR count). The molecule has 0 aromatic heterocycles. The normalized spacial score (nSPS) is 11.6. The predicted molar refractivity (Wildman–Crippen MR) is 87.6 cm³/mol. The van der Waals surface area contributed by atoms with Crippen molar-refractivity contribution in [3.63, 3.8) is 0 Å². The molecule has 0 aliphatic heterocycles. The zero-order valence-electron chi connectivity index (χ0n) is 13.1. The molecule has 22 heavy (non-hydrogen) atoms. The van der Waals surface area contributed by atoms with Crippen LogP contribution in [0, 0.1) is 0 Å². The number of rotatable bonds is 6. The maximum absolute atomic E-state index is 12.6. The van der Waals surface area contributed by atoms with Gasteiger partial charge in [0.05, 0.1) is 25.8 Å². The molecule has 1 atom stereocenters. The van der Waals surface area contributed by atoms with Crippen molar-refractivity contribution in [1.29, 1.82) is 0 Å². The van der Waals surface area contributed by atoms with E-state index in [9.17, 15) is 4.79 Å². The fourth-order valence-corrected chi connectivity index (χ4v) is 2.39. The summed E-state index contributed by atoms with van der Waals surface area (Å²) in [6.45, 7) is 2.00. The molecule has 0 spiro atoms. The van der Waals surface area contributed by atoms with Crippen LogP contribution in [0.15, 0.2) is 48.5 Å². The van der Waals surface area contributed by atoms with Crippen LogP contribution in [0.3, 0.4) is 0 Å².